The predicted molar refractivity (Wildman–Crippen MR) is 127 cm³/mol. The molecule has 0 unspecified atom stereocenters. The maximum atomic E-state index is 11.5. The number of benzene rings is 2. The van der Waals surface area contributed by atoms with Crippen LogP contribution in [0.15, 0.2) is 72.8 Å². The van der Waals surface area contributed by atoms with Crippen molar-refractivity contribution in [3.05, 3.63) is 83.9 Å². The van der Waals surface area contributed by atoms with Crippen LogP contribution in [0.4, 0.5) is 0 Å². The van der Waals surface area contributed by atoms with Crippen molar-refractivity contribution in [2.24, 2.45) is 11.8 Å². The number of ether oxygens (including phenoxy) is 2. The van der Waals surface area contributed by atoms with Gasteiger partial charge in [0.1, 0.15) is 13.2 Å². The van der Waals surface area contributed by atoms with E-state index >= 15 is 0 Å². The van der Waals surface area contributed by atoms with Crippen molar-refractivity contribution in [2.75, 3.05) is 0 Å². The molecule has 0 atom stereocenters. The molecule has 4 nitrogen and oxygen atoms in total. The summed E-state index contributed by atoms with van der Waals surface area (Å²) in [6.07, 6.45) is 2.13. The normalized spacial score (nSPS) is 10.6. The van der Waals surface area contributed by atoms with Crippen LogP contribution in [-0.2, 0) is 32.3 Å². The monoisotopic (exact) mass is 530 g/mol. The van der Waals surface area contributed by atoms with Gasteiger partial charge < -0.3 is 9.47 Å². The van der Waals surface area contributed by atoms with E-state index in [1.807, 2.05) is 60.7 Å². The molecule has 0 aromatic heterocycles. The van der Waals surface area contributed by atoms with Crippen LogP contribution in [0, 0.1) is 11.8 Å². The summed E-state index contributed by atoms with van der Waals surface area (Å²) in [6.45, 7) is 9.68. The summed E-state index contributed by atoms with van der Waals surface area (Å²) in [7, 11) is 0. The van der Waals surface area contributed by atoms with Gasteiger partial charge in [-0.1, -0.05) is 60.7 Å². The molecule has 0 saturated carbocycles. The van der Waals surface area contributed by atoms with Gasteiger partial charge >= 0.3 is 81.5 Å². The van der Waals surface area contributed by atoms with Crippen molar-refractivity contribution in [2.45, 2.75) is 49.8 Å². The van der Waals surface area contributed by atoms with Crippen molar-refractivity contribution >= 4 is 33.1 Å². The van der Waals surface area contributed by atoms with Crippen LogP contribution >= 0.6 is 0 Å². The summed E-state index contributed by atoms with van der Waals surface area (Å²) >= 11 is 0.0709. The van der Waals surface area contributed by atoms with Crippen LogP contribution in [0.3, 0.4) is 0 Å². The molecule has 31 heavy (non-hydrogen) atoms. The number of carbonyl (C=O) groups is 2. The van der Waals surface area contributed by atoms with E-state index in [1.165, 1.54) is 0 Å². The van der Waals surface area contributed by atoms with E-state index in [-0.39, 0.29) is 34.4 Å². The fourth-order valence-corrected chi connectivity index (χ4v) is 6.12. The Morgan fingerprint density at radius 2 is 1.06 bits per heavy atom. The SMILES string of the molecule is CC(C)[CH2][Sn][CH2]C(C)C.O=C(/C=C\C(=O)OCc1ccccc1)OCc1ccccc1. The summed E-state index contributed by atoms with van der Waals surface area (Å²) in [5.74, 6) is 0.770. The summed E-state index contributed by atoms with van der Waals surface area (Å²) in [4.78, 5) is 23.0. The molecule has 0 heterocycles. The maximum Gasteiger partial charge on any atom is 0.331 e. The average Bonchev–Trinajstić information content (AvgIpc) is 2.76. The molecule has 2 rings (SSSR count). The van der Waals surface area contributed by atoms with E-state index < -0.39 is 11.9 Å². The molecule has 0 aliphatic carbocycles. The van der Waals surface area contributed by atoms with Crippen LogP contribution in [0.5, 0.6) is 0 Å². The molecule has 2 aromatic rings. The van der Waals surface area contributed by atoms with Crippen LogP contribution in [-0.4, -0.2) is 33.1 Å². The predicted octanol–water partition coefficient (Wildman–Crippen LogP) is 5.87. The second-order valence-electron chi connectivity index (χ2n) is 7.97. The molecule has 0 fully saturated rings. The van der Waals surface area contributed by atoms with Crippen molar-refractivity contribution in [3.8, 4) is 0 Å². The molecule has 0 aliphatic heterocycles. The Labute approximate surface area is 197 Å². The van der Waals surface area contributed by atoms with Gasteiger partial charge in [-0.25, -0.2) is 9.59 Å². The minimum atomic E-state index is -0.583. The quantitative estimate of drug-likeness (QED) is 0.220. The van der Waals surface area contributed by atoms with E-state index in [0.717, 1.165) is 35.1 Å². The van der Waals surface area contributed by atoms with Gasteiger partial charge in [0.2, 0.25) is 0 Å². The zero-order chi connectivity index (χ0) is 22.9. The van der Waals surface area contributed by atoms with E-state index in [4.69, 9.17) is 9.47 Å². The minimum absolute atomic E-state index is 0.0709. The van der Waals surface area contributed by atoms with Crippen LogP contribution in [0.25, 0.3) is 0 Å². The van der Waals surface area contributed by atoms with Crippen LogP contribution < -0.4 is 0 Å². The Morgan fingerprint density at radius 1 is 0.710 bits per heavy atom. The molecule has 0 saturated heterocycles. The van der Waals surface area contributed by atoms with E-state index in [1.54, 1.807) is 8.87 Å². The van der Waals surface area contributed by atoms with Crippen LogP contribution in [0.2, 0.25) is 8.87 Å². The third kappa shape index (κ3) is 15.4. The number of hydrogen-bond donors (Lipinski definition) is 0. The van der Waals surface area contributed by atoms with E-state index in [2.05, 4.69) is 27.7 Å². The molecule has 5 heteroatoms. The minimum Gasteiger partial charge on any atom is -0.458 e. The van der Waals surface area contributed by atoms with Gasteiger partial charge in [-0.3, -0.25) is 0 Å². The molecule has 2 aromatic carbocycles. The summed E-state index contributed by atoms with van der Waals surface area (Å²) < 4.78 is 13.2. The molecule has 166 valence electrons. The first-order chi connectivity index (χ1) is 14.9. The topological polar surface area (TPSA) is 52.6 Å². The largest absolute Gasteiger partial charge is 0.458 e. The van der Waals surface area contributed by atoms with Gasteiger partial charge in [-0.05, 0) is 11.1 Å². The fourth-order valence-electron chi connectivity index (χ4n) is 2.35. The van der Waals surface area contributed by atoms with Crippen LogP contribution in [0.1, 0.15) is 38.8 Å². The van der Waals surface area contributed by atoms with Crippen molar-refractivity contribution in [3.63, 3.8) is 0 Å². The van der Waals surface area contributed by atoms with Gasteiger partial charge in [0.25, 0.3) is 0 Å². The average molecular weight is 529 g/mol. The molecule has 0 bridgehead atoms. The number of carbonyl (C=O) groups excluding carboxylic acids is 2. The van der Waals surface area contributed by atoms with Crippen molar-refractivity contribution in [1.29, 1.82) is 0 Å². The van der Waals surface area contributed by atoms with Gasteiger partial charge in [-0.15, -0.1) is 0 Å². The number of rotatable bonds is 10. The van der Waals surface area contributed by atoms with Gasteiger partial charge in [0.05, 0.1) is 0 Å². The number of esters is 2. The van der Waals surface area contributed by atoms with E-state index in [9.17, 15) is 9.59 Å². The van der Waals surface area contributed by atoms with Crippen molar-refractivity contribution < 1.29 is 19.1 Å². The van der Waals surface area contributed by atoms with Gasteiger partial charge in [-0.2, -0.15) is 0 Å². The zero-order valence-electron chi connectivity index (χ0n) is 19.0. The molecule has 0 amide bonds. The second-order valence-corrected chi connectivity index (χ2v) is 11.7. The Bertz CT molecular complexity index is 705. The Kier molecular flexibility index (Phi) is 14.4. The molecule has 0 spiro atoms. The second kappa shape index (κ2) is 16.6. The third-order valence-electron chi connectivity index (χ3n) is 3.91. The van der Waals surface area contributed by atoms with Gasteiger partial charge in [0.15, 0.2) is 0 Å². The Morgan fingerprint density at radius 3 is 1.39 bits per heavy atom. The first-order valence-corrected chi connectivity index (χ1v) is 14.7. The number of hydrogen-bond acceptors (Lipinski definition) is 4. The zero-order valence-corrected chi connectivity index (χ0v) is 21.9. The molecule has 0 aliphatic rings. The third-order valence-corrected chi connectivity index (χ3v) is 10.2. The molecule has 0 N–H and O–H groups in total. The molecule has 2 radical (unpaired) electrons. The smallest absolute Gasteiger partial charge is 0.331 e. The van der Waals surface area contributed by atoms with E-state index in [0.29, 0.717) is 0 Å². The Balaban J connectivity index is 0.000000452. The first kappa shape index (κ1) is 27.0. The molecular formula is C26H34O4Sn. The first-order valence-electron chi connectivity index (χ1n) is 10.7. The summed E-state index contributed by atoms with van der Waals surface area (Å²) in [5.41, 5.74) is 1.77. The summed E-state index contributed by atoms with van der Waals surface area (Å²) in [5, 5.41) is 0. The van der Waals surface area contributed by atoms with Crippen molar-refractivity contribution in [1.82, 2.24) is 0 Å². The maximum absolute atomic E-state index is 11.5. The van der Waals surface area contributed by atoms with Gasteiger partial charge in [0, 0.05) is 12.2 Å². The Hall–Kier alpha value is -2.08. The molecular weight excluding hydrogens is 495 g/mol. The summed E-state index contributed by atoms with van der Waals surface area (Å²) in [6, 6.07) is 18.6. The standard InChI is InChI=1S/C18H16O4.2C4H9.Sn/c19-17(21-13-15-7-3-1-4-8-15)11-12-18(20)22-14-16-9-5-2-6-10-16;2*1-4(2)3;/h1-12H,13-14H2;2*4H,1H2,2-3H3;/b12-11-;;;. The fraction of sp³-hybridized carbons (Fsp3) is 0.385.